The molecule has 4 rings (SSSR count). The molecule has 150 valence electrons. The van der Waals surface area contributed by atoms with Crippen LogP contribution in [0.15, 0.2) is 30.3 Å². The fourth-order valence-corrected chi connectivity index (χ4v) is 2.64. The molecular formula is C22H38O4. The first kappa shape index (κ1) is 23.1. The van der Waals surface area contributed by atoms with E-state index in [1.807, 2.05) is 30.3 Å². The SMILES string of the molecule is C1CCOCC1.C1CCOCC1.C1CCOCC1.OCc1ccccc1. The molecule has 3 heterocycles. The number of hydrogen-bond acceptors (Lipinski definition) is 4. The van der Waals surface area contributed by atoms with Gasteiger partial charge in [-0.05, 0) is 63.4 Å². The first-order valence-electron chi connectivity index (χ1n) is 10.3. The van der Waals surface area contributed by atoms with Gasteiger partial charge in [0.25, 0.3) is 0 Å². The van der Waals surface area contributed by atoms with E-state index in [1.54, 1.807) is 0 Å². The second-order valence-corrected chi connectivity index (χ2v) is 6.66. The Hall–Kier alpha value is -0.940. The Kier molecular flexibility index (Phi) is 16.7. The van der Waals surface area contributed by atoms with Gasteiger partial charge in [0.1, 0.15) is 0 Å². The fraction of sp³-hybridized carbons (Fsp3) is 0.727. The Morgan fingerprint density at radius 2 is 0.885 bits per heavy atom. The minimum absolute atomic E-state index is 0.140. The van der Waals surface area contributed by atoms with Gasteiger partial charge in [-0.2, -0.15) is 0 Å². The first-order valence-corrected chi connectivity index (χ1v) is 10.3. The molecule has 3 aliphatic rings. The molecule has 26 heavy (non-hydrogen) atoms. The molecule has 0 aromatic heterocycles. The Bertz CT molecular complexity index is 308. The zero-order valence-corrected chi connectivity index (χ0v) is 16.4. The van der Waals surface area contributed by atoms with Crippen molar-refractivity contribution in [1.29, 1.82) is 0 Å². The predicted octanol–water partition coefficient (Wildman–Crippen LogP) is 4.74. The van der Waals surface area contributed by atoms with E-state index in [9.17, 15) is 0 Å². The maximum atomic E-state index is 8.54. The van der Waals surface area contributed by atoms with Crippen LogP contribution in [0.3, 0.4) is 0 Å². The molecule has 3 fully saturated rings. The normalized spacial score (nSPS) is 19.4. The van der Waals surface area contributed by atoms with Crippen molar-refractivity contribution >= 4 is 0 Å². The van der Waals surface area contributed by atoms with Crippen LogP contribution in [0, 0.1) is 0 Å². The van der Waals surface area contributed by atoms with Crippen LogP contribution in [-0.2, 0) is 20.8 Å². The van der Waals surface area contributed by atoms with Crippen molar-refractivity contribution in [1.82, 2.24) is 0 Å². The van der Waals surface area contributed by atoms with E-state index in [-0.39, 0.29) is 6.61 Å². The van der Waals surface area contributed by atoms with Crippen LogP contribution in [0.4, 0.5) is 0 Å². The van der Waals surface area contributed by atoms with E-state index in [1.165, 1.54) is 57.8 Å². The minimum Gasteiger partial charge on any atom is -0.392 e. The van der Waals surface area contributed by atoms with Gasteiger partial charge in [0.2, 0.25) is 0 Å². The zero-order valence-electron chi connectivity index (χ0n) is 16.4. The lowest BCUT2D eigenvalue weighted by atomic mass is 10.2. The van der Waals surface area contributed by atoms with Crippen LogP contribution in [-0.4, -0.2) is 44.7 Å². The third-order valence-electron chi connectivity index (χ3n) is 4.26. The molecule has 0 radical (unpaired) electrons. The molecule has 0 spiro atoms. The van der Waals surface area contributed by atoms with Crippen molar-refractivity contribution < 1.29 is 19.3 Å². The van der Waals surface area contributed by atoms with Crippen molar-refractivity contribution in [3.63, 3.8) is 0 Å². The summed E-state index contributed by atoms with van der Waals surface area (Å²) in [4.78, 5) is 0. The fourth-order valence-electron chi connectivity index (χ4n) is 2.64. The van der Waals surface area contributed by atoms with Gasteiger partial charge in [-0.25, -0.2) is 0 Å². The van der Waals surface area contributed by atoms with Gasteiger partial charge in [0, 0.05) is 39.6 Å². The van der Waals surface area contributed by atoms with Gasteiger partial charge in [-0.1, -0.05) is 30.3 Å². The molecule has 0 aliphatic carbocycles. The van der Waals surface area contributed by atoms with Gasteiger partial charge in [-0.3, -0.25) is 0 Å². The molecule has 1 aromatic rings. The van der Waals surface area contributed by atoms with Crippen LogP contribution in [0.25, 0.3) is 0 Å². The zero-order chi connectivity index (χ0) is 18.5. The molecule has 1 aromatic carbocycles. The Morgan fingerprint density at radius 3 is 1.04 bits per heavy atom. The van der Waals surface area contributed by atoms with Crippen LogP contribution < -0.4 is 0 Å². The Morgan fingerprint density at radius 1 is 0.538 bits per heavy atom. The molecule has 3 saturated heterocycles. The highest BCUT2D eigenvalue weighted by molar-refractivity contribution is 5.12. The molecular weight excluding hydrogens is 328 g/mol. The smallest absolute Gasteiger partial charge is 0.0681 e. The summed E-state index contributed by atoms with van der Waals surface area (Å²) in [5, 5.41) is 8.54. The summed E-state index contributed by atoms with van der Waals surface area (Å²) in [6.45, 7) is 6.14. The predicted molar refractivity (Wildman–Crippen MR) is 106 cm³/mol. The number of benzene rings is 1. The number of hydrogen-bond donors (Lipinski definition) is 1. The molecule has 0 bridgehead atoms. The standard InChI is InChI=1S/C7H8O.3C5H10O/c8-6-7-4-2-1-3-5-7;3*1-2-4-6-5-3-1/h1-5,8H,6H2;3*1-5H2. The summed E-state index contributed by atoms with van der Waals surface area (Å²) in [7, 11) is 0. The highest BCUT2D eigenvalue weighted by Crippen LogP contribution is 2.03. The van der Waals surface area contributed by atoms with Gasteiger partial charge in [0.15, 0.2) is 0 Å². The van der Waals surface area contributed by atoms with E-state index in [0.717, 1.165) is 45.2 Å². The Labute approximate surface area is 159 Å². The van der Waals surface area contributed by atoms with Gasteiger partial charge >= 0.3 is 0 Å². The van der Waals surface area contributed by atoms with Crippen LogP contribution in [0.5, 0.6) is 0 Å². The van der Waals surface area contributed by atoms with Crippen molar-refractivity contribution in [2.75, 3.05) is 39.6 Å². The van der Waals surface area contributed by atoms with Gasteiger partial charge < -0.3 is 19.3 Å². The minimum atomic E-state index is 0.140. The van der Waals surface area contributed by atoms with Gasteiger partial charge in [-0.15, -0.1) is 0 Å². The highest BCUT2D eigenvalue weighted by Gasteiger charge is 1.96. The molecule has 0 amide bonds. The maximum absolute atomic E-state index is 8.54. The van der Waals surface area contributed by atoms with Crippen molar-refractivity contribution in [2.45, 2.75) is 64.4 Å². The Balaban J connectivity index is 0.000000175. The average molecular weight is 367 g/mol. The summed E-state index contributed by atoms with van der Waals surface area (Å²) in [5.74, 6) is 0. The molecule has 0 unspecified atom stereocenters. The number of rotatable bonds is 1. The second-order valence-electron chi connectivity index (χ2n) is 6.66. The quantitative estimate of drug-likeness (QED) is 0.780. The largest absolute Gasteiger partial charge is 0.392 e. The lowest BCUT2D eigenvalue weighted by Gasteiger charge is -2.08. The van der Waals surface area contributed by atoms with E-state index < -0.39 is 0 Å². The summed E-state index contributed by atoms with van der Waals surface area (Å²) >= 11 is 0. The average Bonchev–Trinajstić information content (AvgIpc) is 2.79. The summed E-state index contributed by atoms with van der Waals surface area (Å²) < 4.78 is 15.2. The second kappa shape index (κ2) is 18.8. The van der Waals surface area contributed by atoms with E-state index in [2.05, 4.69) is 0 Å². The number of ether oxygens (including phenoxy) is 3. The van der Waals surface area contributed by atoms with E-state index in [4.69, 9.17) is 19.3 Å². The van der Waals surface area contributed by atoms with Crippen molar-refractivity contribution in [3.05, 3.63) is 35.9 Å². The van der Waals surface area contributed by atoms with E-state index in [0.29, 0.717) is 0 Å². The monoisotopic (exact) mass is 366 g/mol. The van der Waals surface area contributed by atoms with Crippen molar-refractivity contribution in [2.24, 2.45) is 0 Å². The third kappa shape index (κ3) is 15.3. The summed E-state index contributed by atoms with van der Waals surface area (Å²) in [5.41, 5.74) is 0.965. The van der Waals surface area contributed by atoms with Gasteiger partial charge in [0.05, 0.1) is 6.61 Å². The molecule has 3 aliphatic heterocycles. The van der Waals surface area contributed by atoms with Crippen molar-refractivity contribution in [3.8, 4) is 0 Å². The molecule has 4 heteroatoms. The molecule has 0 saturated carbocycles. The lowest BCUT2D eigenvalue weighted by Crippen LogP contribution is -2.03. The molecule has 0 atom stereocenters. The summed E-state index contributed by atoms with van der Waals surface area (Å²) in [6, 6.07) is 9.52. The first-order chi connectivity index (χ1) is 12.9. The third-order valence-corrected chi connectivity index (χ3v) is 4.26. The lowest BCUT2D eigenvalue weighted by molar-refractivity contribution is 0.0967. The van der Waals surface area contributed by atoms with Crippen LogP contribution >= 0.6 is 0 Å². The van der Waals surface area contributed by atoms with Crippen LogP contribution in [0.1, 0.15) is 63.4 Å². The maximum Gasteiger partial charge on any atom is 0.0681 e. The number of aliphatic hydroxyl groups excluding tert-OH is 1. The van der Waals surface area contributed by atoms with Crippen LogP contribution in [0.2, 0.25) is 0 Å². The van der Waals surface area contributed by atoms with E-state index >= 15 is 0 Å². The topological polar surface area (TPSA) is 47.9 Å². The molecule has 4 nitrogen and oxygen atoms in total. The number of aliphatic hydroxyl groups is 1. The summed E-state index contributed by atoms with van der Waals surface area (Å²) in [6.07, 6.45) is 11.8. The molecule has 1 N–H and O–H groups in total. The highest BCUT2D eigenvalue weighted by atomic mass is 16.5.